The fraction of sp³-hybridized carbons (Fsp3) is 0.808. The number of nitrogens with one attached hydrogen (secondary N) is 2. The molecule has 2 aromatic heterocycles. The van der Waals surface area contributed by atoms with Crippen LogP contribution in [0.15, 0.2) is 9.59 Å². The number of nitrogens with zero attached hydrogens (tertiary/aromatic N) is 3. The van der Waals surface area contributed by atoms with Gasteiger partial charge in [-0.15, -0.1) is 0 Å². The molecule has 0 aliphatic heterocycles. The summed E-state index contributed by atoms with van der Waals surface area (Å²) in [6.07, 6.45) is 16.1. The van der Waals surface area contributed by atoms with E-state index in [1.165, 1.54) is 55.9 Å². The van der Waals surface area contributed by atoms with Gasteiger partial charge in [0.15, 0.2) is 11.2 Å². The topological polar surface area (TPSA) is 105 Å². The van der Waals surface area contributed by atoms with Gasteiger partial charge in [-0.05, 0) is 32.7 Å². The van der Waals surface area contributed by atoms with E-state index in [0.29, 0.717) is 11.2 Å². The van der Waals surface area contributed by atoms with E-state index in [1.54, 1.807) is 7.05 Å². The lowest BCUT2D eigenvalue weighted by molar-refractivity contribution is 0.180. The molecule has 8 heteroatoms. The largest absolute Gasteiger partial charge is 0.393 e. The van der Waals surface area contributed by atoms with Gasteiger partial charge >= 0.3 is 5.69 Å². The standard InChI is InChI=1S/C26H47N5O3/c1-5-6-7-8-13-16-19-27-21(18-15-12-10-9-11-14-17-20(2)32)23-28-24-22(30(23)3)25(33)29-26(34)31(24)4/h20-21,27,32H,5-19H2,1-4H3,(H,29,33,34). The quantitative estimate of drug-likeness (QED) is 0.275. The van der Waals surface area contributed by atoms with Crippen LogP contribution in [0.2, 0.25) is 0 Å². The van der Waals surface area contributed by atoms with Crippen molar-refractivity contribution in [2.75, 3.05) is 6.54 Å². The second-order valence-corrected chi connectivity index (χ2v) is 9.84. The molecule has 0 aliphatic rings. The number of aryl methyl sites for hydroxylation is 2. The van der Waals surface area contributed by atoms with Gasteiger partial charge in [-0.1, -0.05) is 77.6 Å². The zero-order valence-electron chi connectivity index (χ0n) is 21.9. The van der Waals surface area contributed by atoms with Gasteiger partial charge in [0.2, 0.25) is 0 Å². The van der Waals surface area contributed by atoms with Gasteiger partial charge in [0.1, 0.15) is 5.82 Å². The summed E-state index contributed by atoms with van der Waals surface area (Å²) in [5, 5.41) is 13.1. The van der Waals surface area contributed by atoms with Crippen LogP contribution >= 0.6 is 0 Å². The van der Waals surface area contributed by atoms with Crippen molar-refractivity contribution < 1.29 is 5.11 Å². The third-order valence-corrected chi connectivity index (χ3v) is 6.77. The van der Waals surface area contributed by atoms with Crippen molar-refractivity contribution in [2.24, 2.45) is 14.1 Å². The zero-order chi connectivity index (χ0) is 24.9. The first kappa shape index (κ1) is 28.3. The van der Waals surface area contributed by atoms with Crippen molar-refractivity contribution in [3.05, 3.63) is 26.7 Å². The number of hydrogen-bond acceptors (Lipinski definition) is 5. The lowest BCUT2D eigenvalue weighted by Gasteiger charge is -2.19. The van der Waals surface area contributed by atoms with Crippen LogP contribution in [0.25, 0.3) is 11.2 Å². The average molecular weight is 478 g/mol. The molecule has 0 fully saturated rings. The molecular formula is C26H47N5O3. The molecule has 0 amide bonds. The van der Waals surface area contributed by atoms with Crippen LogP contribution in [-0.4, -0.2) is 36.9 Å². The maximum absolute atomic E-state index is 12.5. The van der Waals surface area contributed by atoms with Gasteiger partial charge in [-0.3, -0.25) is 14.3 Å². The van der Waals surface area contributed by atoms with E-state index in [9.17, 15) is 14.7 Å². The van der Waals surface area contributed by atoms with Gasteiger partial charge in [-0.25, -0.2) is 9.78 Å². The van der Waals surface area contributed by atoms with Crippen LogP contribution in [0.5, 0.6) is 0 Å². The van der Waals surface area contributed by atoms with Crippen molar-refractivity contribution in [1.29, 1.82) is 0 Å². The van der Waals surface area contributed by atoms with Gasteiger partial charge in [-0.2, -0.15) is 0 Å². The Balaban J connectivity index is 1.99. The molecule has 2 rings (SSSR count). The second kappa shape index (κ2) is 15.1. The minimum absolute atomic E-state index is 0.0535. The Morgan fingerprint density at radius 3 is 2.12 bits per heavy atom. The molecule has 0 aliphatic carbocycles. The second-order valence-electron chi connectivity index (χ2n) is 9.84. The lowest BCUT2D eigenvalue weighted by atomic mass is 10.0. The van der Waals surface area contributed by atoms with E-state index in [4.69, 9.17) is 4.98 Å². The molecule has 2 heterocycles. The molecule has 194 valence electrons. The molecule has 0 bridgehead atoms. The van der Waals surface area contributed by atoms with E-state index in [1.807, 2.05) is 18.5 Å². The fourth-order valence-electron chi connectivity index (χ4n) is 4.64. The monoisotopic (exact) mass is 477 g/mol. The molecule has 2 atom stereocenters. The highest BCUT2D eigenvalue weighted by atomic mass is 16.3. The predicted octanol–water partition coefficient (Wildman–Crippen LogP) is 4.45. The summed E-state index contributed by atoms with van der Waals surface area (Å²) in [6.45, 7) is 5.01. The Hall–Kier alpha value is -1.93. The molecule has 0 spiro atoms. The summed E-state index contributed by atoms with van der Waals surface area (Å²) < 4.78 is 3.26. The number of unbranched alkanes of at least 4 members (excludes halogenated alkanes) is 10. The summed E-state index contributed by atoms with van der Waals surface area (Å²) in [5.74, 6) is 0.824. The van der Waals surface area contributed by atoms with Crippen molar-refractivity contribution in [1.82, 2.24) is 24.4 Å². The van der Waals surface area contributed by atoms with Gasteiger partial charge < -0.3 is 15.0 Å². The predicted molar refractivity (Wildman–Crippen MR) is 139 cm³/mol. The van der Waals surface area contributed by atoms with Crippen LogP contribution in [0, 0.1) is 0 Å². The normalized spacial score (nSPS) is 13.6. The molecule has 0 aromatic carbocycles. The molecule has 0 radical (unpaired) electrons. The van der Waals surface area contributed by atoms with Crippen LogP contribution in [0.1, 0.15) is 116 Å². The number of fused-ring (bicyclic) bond motifs is 1. The SMILES string of the molecule is CCCCCCCCNC(CCCCCCCCC(C)O)c1nc2c(c(=O)[nH]c(=O)n2C)n1C. The number of aliphatic hydroxyl groups excluding tert-OH is 1. The highest BCUT2D eigenvalue weighted by Gasteiger charge is 2.21. The number of aromatic nitrogens is 4. The molecule has 2 unspecified atom stereocenters. The third-order valence-electron chi connectivity index (χ3n) is 6.77. The number of rotatable bonds is 18. The minimum Gasteiger partial charge on any atom is -0.393 e. The Morgan fingerprint density at radius 2 is 1.47 bits per heavy atom. The van der Waals surface area contributed by atoms with Crippen molar-refractivity contribution in [2.45, 2.75) is 116 Å². The van der Waals surface area contributed by atoms with Gasteiger partial charge in [0.25, 0.3) is 5.56 Å². The van der Waals surface area contributed by atoms with E-state index >= 15 is 0 Å². The van der Waals surface area contributed by atoms with Crippen LogP contribution in [0.3, 0.4) is 0 Å². The number of aliphatic hydroxyl groups is 1. The van der Waals surface area contributed by atoms with E-state index < -0.39 is 5.69 Å². The summed E-state index contributed by atoms with van der Waals surface area (Å²) in [4.78, 5) is 31.6. The Morgan fingerprint density at radius 1 is 0.882 bits per heavy atom. The van der Waals surface area contributed by atoms with Gasteiger partial charge in [0.05, 0.1) is 12.1 Å². The first-order valence-corrected chi connectivity index (χ1v) is 13.4. The number of hydrogen-bond donors (Lipinski definition) is 3. The summed E-state index contributed by atoms with van der Waals surface area (Å²) in [5.41, 5.74) is 0.0675. The molecule has 34 heavy (non-hydrogen) atoms. The molecule has 2 aromatic rings. The van der Waals surface area contributed by atoms with Crippen molar-refractivity contribution in [3.8, 4) is 0 Å². The molecule has 3 N–H and O–H groups in total. The number of H-pyrrole nitrogens is 1. The van der Waals surface area contributed by atoms with E-state index in [0.717, 1.165) is 50.9 Å². The first-order chi connectivity index (χ1) is 16.4. The van der Waals surface area contributed by atoms with E-state index in [-0.39, 0.29) is 17.7 Å². The molecule has 0 saturated carbocycles. The summed E-state index contributed by atoms with van der Waals surface area (Å²) >= 11 is 0. The Labute approximate surface area is 204 Å². The third kappa shape index (κ3) is 8.69. The first-order valence-electron chi connectivity index (χ1n) is 13.4. The van der Waals surface area contributed by atoms with E-state index in [2.05, 4.69) is 17.2 Å². The zero-order valence-corrected chi connectivity index (χ0v) is 21.9. The Kier molecular flexibility index (Phi) is 12.6. The molecule has 8 nitrogen and oxygen atoms in total. The Bertz CT molecular complexity index is 960. The molecular weight excluding hydrogens is 430 g/mol. The van der Waals surface area contributed by atoms with Crippen molar-refractivity contribution in [3.63, 3.8) is 0 Å². The summed E-state index contributed by atoms with van der Waals surface area (Å²) in [7, 11) is 3.51. The van der Waals surface area contributed by atoms with Crippen molar-refractivity contribution >= 4 is 11.2 Å². The lowest BCUT2D eigenvalue weighted by Crippen LogP contribution is -2.29. The van der Waals surface area contributed by atoms with Gasteiger partial charge in [0, 0.05) is 14.1 Å². The number of imidazole rings is 1. The fourth-order valence-corrected chi connectivity index (χ4v) is 4.64. The maximum Gasteiger partial charge on any atom is 0.329 e. The average Bonchev–Trinajstić information content (AvgIpc) is 3.14. The highest BCUT2D eigenvalue weighted by molar-refractivity contribution is 5.70. The smallest absolute Gasteiger partial charge is 0.329 e. The van der Waals surface area contributed by atoms with Crippen LogP contribution < -0.4 is 16.6 Å². The minimum atomic E-state index is -0.436. The maximum atomic E-state index is 12.5. The van der Waals surface area contributed by atoms with Crippen LogP contribution in [0.4, 0.5) is 0 Å². The summed E-state index contributed by atoms with van der Waals surface area (Å²) in [6, 6.07) is 0.0535. The number of aromatic amines is 1. The highest BCUT2D eigenvalue weighted by Crippen LogP contribution is 2.22. The molecule has 0 saturated heterocycles. The van der Waals surface area contributed by atoms with Crippen LogP contribution in [-0.2, 0) is 14.1 Å².